The smallest absolute Gasteiger partial charge is 0.278 e. The molecule has 0 aliphatic heterocycles. The fourth-order valence-electron chi connectivity index (χ4n) is 2.92. The third kappa shape index (κ3) is 5.12. The monoisotopic (exact) mass is 373 g/mol. The maximum atomic E-state index is 12.8. The number of nitrogens with one attached hydrogen (secondary N) is 1. The summed E-state index contributed by atoms with van der Waals surface area (Å²) in [5, 5.41) is 22.2. The molecule has 2 rings (SSSR count). The van der Waals surface area contributed by atoms with E-state index in [-0.39, 0.29) is 18.3 Å². The first kappa shape index (κ1) is 20.5. The van der Waals surface area contributed by atoms with Crippen molar-refractivity contribution in [1.82, 2.24) is 20.3 Å². The predicted molar refractivity (Wildman–Crippen MR) is 98.7 cm³/mol. The van der Waals surface area contributed by atoms with Gasteiger partial charge in [-0.15, -0.1) is 5.10 Å². The molecule has 8 nitrogen and oxygen atoms in total. The lowest BCUT2D eigenvalue weighted by Crippen LogP contribution is -2.51. The van der Waals surface area contributed by atoms with Crippen LogP contribution in [-0.4, -0.2) is 32.9 Å². The highest BCUT2D eigenvalue weighted by molar-refractivity contribution is 5.85. The van der Waals surface area contributed by atoms with Gasteiger partial charge < -0.3 is 15.2 Å². The molecule has 8 heteroatoms. The van der Waals surface area contributed by atoms with Gasteiger partial charge in [0.05, 0.1) is 17.4 Å². The SMILES string of the molecule is CC(C)C[C@H](NC(=O)[C@H](CC(C)C)n1nnc2ccccc2c1=O)C(=O)[O-]. The van der Waals surface area contributed by atoms with Gasteiger partial charge in [0.1, 0.15) is 11.6 Å². The van der Waals surface area contributed by atoms with Gasteiger partial charge in [0.2, 0.25) is 5.91 Å². The van der Waals surface area contributed by atoms with Gasteiger partial charge in [-0.3, -0.25) is 9.59 Å². The molecule has 0 saturated heterocycles. The van der Waals surface area contributed by atoms with Crippen LogP contribution in [0.3, 0.4) is 0 Å². The molecular weight excluding hydrogens is 348 g/mol. The molecule has 1 heterocycles. The fourth-order valence-corrected chi connectivity index (χ4v) is 2.92. The molecule has 146 valence electrons. The van der Waals surface area contributed by atoms with Crippen molar-refractivity contribution in [3.8, 4) is 0 Å². The van der Waals surface area contributed by atoms with E-state index < -0.39 is 29.5 Å². The molecule has 2 aromatic rings. The number of carboxylic acid groups (broad SMARTS) is 1. The summed E-state index contributed by atoms with van der Waals surface area (Å²) >= 11 is 0. The van der Waals surface area contributed by atoms with Crippen molar-refractivity contribution in [2.24, 2.45) is 11.8 Å². The number of hydrogen-bond acceptors (Lipinski definition) is 6. The summed E-state index contributed by atoms with van der Waals surface area (Å²) in [7, 11) is 0. The van der Waals surface area contributed by atoms with Crippen LogP contribution in [-0.2, 0) is 9.59 Å². The molecule has 0 aliphatic carbocycles. The highest BCUT2D eigenvalue weighted by Gasteiger charge is 2.27. The Bertz CT molecular complexity index is 875. The zero-order valence-electron chi connectivity index (χ0n) is 16.0. The Labute approximate surface area is 157 Å². The molecule has 1 amide bonds. The van der Waals surface area contributed by atoms with E-state index in [0.717, 1.165) is 4.68 Å². The number of carbonyl (C=O) groups excluding carboxylic acids is 2. The van der Waals surface area contributed by atoms with E-state index in [4.69, 9.17) is 0 Å². The highest BCUT2D eigenvalue weighted by atomic mass is 16.4. The van der Waals surface area contributed by atoms with Crippen LogP contribution in [0.5, 0.6) is 0 Å². The zero-order valence-corrected chi connectivity index (χ0v) is 16.0. The van der Waals surface area contributed by atoms with E-state index >= 15 is 0 Å². The van der Waals surface area contributed by atoms with Crippen molar-refractivity contribution in [3.63, 3.8) is 0 Å². The van der Waals surface area contributed by atoms with Crippen molar-refractivity contribution in [2.75, 3.05) is 0 Å². The number of carboxylic acids is 1. The number of aromatic nitrogens is 3. The van der Waals surface area contributed by atoms with Crippen LogP contribution in [0.1, 0.15) is 46.6 Å². The van der Waals surface area contributed by atoms with Crippen LogP contribution in [0, 0.1) is 11.8 Å². The number of amides is 1. The van der Waals surface area contributed by atoms with Crippen LogP contribution in [0.4, 0.5) is 0 Å². The second kappa shape index (κ2) is 8.75. The average molecular weight is 373 g/mol. The quantitative estimate of drug-likeness (QED) is 0.726. The third-order valence-electron chi connectivity index (χ3n) is 4.19. The Hall–Kier alpha value is -2.77. The molecular formula is C19H25N4O4-. The largest absolute Gasteiger partial charge is 0.548 e. The number of fused-ring (bicyclic) bond motifs is 1. The van der Waals surface area contributed by atoms with Gasteiger partial charge >= 0.3 is 0 Å². The maximum absolute atomic E-state index is 12.8. The maximum Gasteiger partial charge on any atom is 0.278 e. The molecule has 1 N–H and O–H groups in total. The van der Waals surface area contributed by atoms with Crippen LogP contribution in [0.25, 0.3) is 10.9 Å². The van der Waals surface area contributed by atoms with Crippen LogP contribution in [0.15, 0.2) is 29.1 Å². The van der Waals surface area contributed by atoms with Crippen molar-refractivity contribution < 1.29 is 14.7 Å². The molecule has 2 atom stereocenters. The number of hydrogen-bond donors (Lipinski definition) is 1. The van der Waals surface area contributed by atoms with Gasteiger partial charge in [-0.05, 0) is 36.8 Å². The fraction of sp³-hybridized carbons (Fsp3) is 0.526. The summed E-state index contributed by atoms with van der Waals surface area (Å²) in [6.45, 7) is 7.52. The Morgan fingerprint density at radius 1 is 1.11 bits per heavy atom. The second-order valence-corrected chi connectivity index (χ2v) is 7.51. The van der Waals surface area contributed by atoms with Gasteiger partial charge in [-0.1, -0.05) is 45.0 Å². The van der Waals surface area contributed by atoms with Gasteiger partial charge in [-0.25, -0.2) is 0 Å². The lowest BCUT2D eigenvalue weighted by molar-refractivity contribution is -0.308. The first-order valence-corrected chi connectivity index (χ1v) is 9.06. The Morgan fingerprint density at radius 3 is 2.33 bits per heavy atom. The average Bonchev–Trinajstić information content (AvgIpc) is 2.59. The number of rotatable bonds is 8. The standard InChI is InChI=1S/C19H26N4O4/c1-11(2)9-15(19(26)27)20-17(24)16(10-12(3)4)23-18(25)13-7-5-6-8-14(13)21-22-23/h5-8,11-12,15-16H,9-10H2,1-4H3,(H,20,24)(H,26,27)/p-1/t15-,16-/m0/s1. The van der Waals surface area contributed by atoms with E-state index in [0.29, 0.717) is 17.3 Å². The minimum Gasteiger partial charge on any atom is -0.548 e. The highest BCUT2D eigenvalue weighted by Crippen LogP contribution is 2.17. The molecule has 0 radical (unpaired) electrons. The van der Waals surface area contributed by atoms with Gasteiger partial charge in [0, 0.05) is 0 Å². The van der Waals surface area contributed by atoms with E-state index in [2.05, 4.69) is 15.6 Å². The topological polar surface area (TPSA) is 117 Å². The van der Waals surface area contributed by atoms with E-state index in [1.54, 1.807) is 24.3 Å². The Kier molecular flexibility index (Phi) is 6.65. The zero-order chi connectivity index (χ0) is 20.1. The summed E-state index contributed by atoms with van der Waals surface area (Å²) < 4.78 is 1.04. The molecule has 1 aromatic heterocycles. The van der Waals surface area contributed by atoms with Crippen molar-refractivity contribution in [2.45, 2.75) is 52.6 Å². The molecule has 0 bridgehead atoms. The second-order valence-electron chi connectivity index (χ2n) is 7.51. The van der Waals surface area contributed by atoms with E-state index in [1.165, 1.54) is 0 Å². The van der Waals surface area contributed by atoms with Crippen molar-refractivity contribution >= 4 is 22.8 Å². The minimum atomic E-state index is -1.35. The summed E-state index contributed by atoms with van der Waals surface area (Å²) in [5.41, 5.74) is 0.00475. The number of aliphatic carboxylic acids is 1. The number of benzene rings is 1. The molecule has 1 aromatic carbocycles. The first-order chi connectivity index (χ1) is 12.7. The summed E-state index contributed by atoms with van der Waals surface area (Å²) in [4.78, 5) is 37.0. The van der Waals surface area contributed by atoms with E-state index in [1.807, 2.05) is 27.7 Å². The lowest BCUT2D eigenvalue weighted by atomic mass is 10.0. The van der Waals surface area contributed by atoms with Crippen LogP contribution in [0.2, 0.25) is 0 Å². The predicted octanol–water partition coefficient (Wildman–Crippen LogP) is 0.660. The summed E-state index contributed by atoms with van der Waals surface area (Å²) in [6.07, 6.45) is 0.557. The number of carbonyl (C=O) groups is 2. The van der Waals surface area contributed by atoms with Crippen molar-refractivity contribution in [3.05, 3.63) is 34.6 Å². The van der Waals surface area contributed by atoms with Gasteiger partial charge in [0.15, 0.2) is 0 Å². The van der Waals surface area contributed by atoms with Crippen LogP contribution >= 0.6 is 0 Å². The Morgan fingerprint density at radius 2 is 1.74 bits per heavy atom. The van der Waals surface area contributed by atoms with Gasteiger partial charge in [0.25, 0.3) is 5.56 Å². The lowest BCUT2D eigenvalue weighted by Gasteiger charge is -2.25. The molecule has 0 unspecified atom stereocenters. The van der Waals surface area contributed by atoms with Crippen LogP contribution < -0.4 is 16.0 Å². The Balaban J connectivity index is 2.40. The molecule has 0 saturated carbocycles. The van der Waals surface area contributed by atoms with Crippen molar-refractivity contribution in [1.29, 1.82) is 0 Å². The molecule has 0 fully saturated rings. The summed E-state index contributed by atoms with van der Waals surface area (Å²) in [6, 6.07) is 4.66. The normalized spacial score (nSPS) is 13.7. The summed E-state index contributed by atoms with van der Waals surface area (Å²) in [5.74, 6) is -1.80. The molecule has 0 aliphatic rings. The third-order valence-corrected chi connectivity index (χ3v) is 4.19. The first-order valence-electron chi connectivity index (χ1n) is 9.06. The van der Waals surface area contributed by atoms with E-state index in [9.17, 15) is 19.5 Å². The van der Waals surface area contributed by atoms with Gasteiger partial charge in [-0.2, -0.15) is 4.68 Å². The minimum absolute atomic E-state index is 0.0555. The number of nitrogens with zero attached hydrogens (tertiary/aromatic N) is 3. The molecule has 27 heavy (non-hydrogen) atoms. The molecule has 0 spiro atoms.